The molecule has 6 heteroatoms. The molecule has 72 valence electrons. The molecule has 0 fully saturated rings. The van der Waals surface area contributed by atoms with Gasteiger partial charge in [0.1, 0.15) is 0 Å². The van der Waals surface area contributed by atoms with Crippen LogP contribution in [0.3, 0.4) is 0 Å². The maximum absolute atomic E-state index is 9.20. The summed E-state index contributed by atoms with van der Waals surface area (Å²) in [6, 6.07) is 3.22. The van der Waals surface area contributed by atoms with Gasteiger partial charge in [0.2, 0.25) is 11.8 Å². The van der Waals surface area contributed by atoms with Crippen LogP contribution in [0, 0.1) is 3.57 Å². The topological polar surface area (TPSA) is 82.0 Å². The van der Waals surface area contributed by atoms with Gasteiger partial charge in [0.25, 0.3) is 0 Å². The van der Waals surface area contributed by atoms with Gasteiger partial charge in [-0.2, -0.15) is 5.10 Å². The molecular formula is C8H6IN3O2. The van der Waals surface area contributed by atoms with Crippen LogP contribution < -0.4 is 0 Å². The van der Waals surface area contributed by atoms with E-state index in [-0.39, 0.29) is 11.8 Å². The molecule has 0 aliphatic rings. The molecule has 0 unspecified atom stereocenters. The molecule has 0 saturated heterocycles. The highest BCUT2D eigenvalue weighted by atomic mass is 127. The lowest BCUT2D eigenvalue weighted by Gasteiger charge is -1.98. The molecule has 5 nitrogen and oxygen atoms in total. The zero-order chi connectivity index (χ0) is 10.1. The molecule has 0 atom stereocenters. The van der Waals surface area contributed by atoms with Crippen LogP contribution in [0.5, 0.6) is 11.8 Å². The van der Waals surface area contributed by atoms with E-state index in [2.05, 4.69) is 15.2 Å². The highest BCUT2D eigenvalue weighted by Crippen LogP contribution is 2.24. The van der Waals surface area contributed by atoms with Crippen molar-refractivity contribution in [3.8, 4) is 23.0 Å². The van der Waals surface area contributed by atoms with E-state index in [0.29, 0.717) is 9.26 Å². The average molecular weight is 303 g/mol. The zero-order valence-electron chi connectivity index (χ0n) is 6.90. The summed E-state index contributed by atoms with van der Waals surface area (Å²) >= 11 is 1.97. The maximum atomic E-state index is 9.20. The van der Waals surface area contributed by atoms with Gasteiger partial charge < -0.3 is 10.2 Å². The summed E-state index contributed by atoms with van der Waals surface area (Å²) in [6.07, 6.45) is 1.49. The number of hydrogen-bond donors (Lipinski definition) is 3. The minimum absolute atomic E-state index is 0.00285. The Morgan fingerprint density at radius 1 is 1.29 bits per heavy atom. The molecule has 0 saturated carbocycles. The lowest BCUT2D eigenvalue weighted by atomic mass is 10.2. The third-order valence-electron chi connectivity index (χ3n) is 1.68. The van der Waals surface area contributed by atoms with Crippen LogP contribution in [0.2, 0.25) is 0 Å². The van der Waals surface area contributed by atoms with E-state index < -0.39 is 0 Å². The van der Waals surface area contributed by atoms with Crippen molar-refractivity contribution in [2.24, 2.45) is 0 Å². The van der Waals surface area contributed by atoms with Crippen molar-refractivity contribution in [1.82, 2.24) is 15.2 Å². The van der Waals surface area contributed by atoms with Gasteiger partial charge in [-0.05, 0) is 28.7 Å². The molecule has 0 spiro atoms. The predicted molar refractivity (Wildman–Crippen MR) is 57.9 cm³/mol. The van der Waals surface area contributed by atoms with E-state index in [1.54, 1.807) is 6.07 Å². The first-order chi connectivity index (χ1) is 6.66. The first kappa shape index (κ1) is 9.25. The van der Waals surface area contributed by atoms with E-state index in [1.165, 1.54) is 12.3 Å². The number of aromatic hydroxyl groups is 2. The highest BCUT2D eigenvalue weighted by molar-refractivity contribution is 14.1. The molecule has 0 aliphatic carbocycles. The van der Waals surface area contributed by atoms with Gasteiger partial charge in [0, 0.05) is 17.8 Å². The second kappa shape index (κ2) is 3.45. The molecule has 14 heavy (non-hydrogen) atoms. The molecule has 0 aromatic carbocycles. The molecule has 2 aromatic heterocycles. The second-order valence-electron chi connectivity index (χ2n) is 2.67. The first-order valence-electron chi connectivity index (χ1n) is 3.76. The number of rotatable bonds is 1. The molecule has 0 radical (unpaired) electrons. The second-order valence-corrected chi connectivity index (χ2v) is 3.83. The monoisotopic (exact) mass is 303 g/mol. The lowest BCUT2D eigenvalue weighted by Crippen LogP contribution is -1.84. The highest BCUT2D eigenvalue weighted by Gasteiger charge is 2.06. The van der Waals surface area contributed by atoms with Crippen molar-refractivity contribution in [3.05, 3.63) is 21.9 Å². The van der Waals surface area contributed by atoms with E-state index >= 15 is 0 Å². The van der Waals surface area contributed by atoms with Crippen molar-refractivity contribution in [1.29, 1.82) is 0 Å². The number of aromatic amines is 1. The molecule has 0 bridgehead atoms. The molecule has 2 aromatic rings. The number of nitrogens with zero attached hydrogens (tertiary/aromatic N) is 2. The lowest BCUT2D eigenvalue weighted by molar-refractivity contribution is 0.449. The Morgan fingerprint density at radius 2 is 2.07 bits per heavy atom. The molecule has 0 amide bonds. The fourth-order valence-electron chi connectivity index (χ4n) is 1.03. The van der Waals surface area contributed by atoms with Crippen LogP contribution in [0.4, 0.5) is 0 Å². The fourth-order valence-corrected chi connectivity index (χ4v) is 1.50. The van der Waals surface area contributed by atoms with Crippen molar-refractivity contribution >= 4 is 22.6 Å². The molecular weight excluding hydrogens is 297 g/mol. The van der Waals surface area contributed by atoms with Crippen molar-refractivity contribution in [2.45, 2.75) is 0 Å². The van der Waals surface area contributed by atoms with E-state index in [9.17, 15) is 5.11 Å². The maximum Gasteiger partial charge on any atom is 0.224 e. The van der Waals surface area contributed by atoms with Gasteiger partial charge in [-0.15, -0.1) is 0 Å². The molecule has 0 aliphatic heterocycles. The Bertz CT molecular complexity index is 469. The van der Waals surface area contributed by atoms with E-state index in [1.807, 2.05) is 22.6 Å². The summed E-state index contributed by atoms with van der Waals surface area (Å²) < 4.78 is 0.641. The van der Waals surface area contributed by atoms with Gasteiger partial charge in [-0.3, -0.25) is 0 Å². The van der Waals surface area contributed by atoms with Crippen molar-refractivity contribution in [2.75, 3.05) is 0 Å². The predicted octanol–water partition coefficient (Wildman–Crippen LogP) is 1.49. The number of pyridine rings is 1. The van der Waals surface area contributed by atoms with Crippen molar-refractivity contribution in [3.63, 3.8) is 0 Å². The number of hydrogen-bond acceptors (Lipinski definition) is 4. The van der Waals surface area contributed by atoms with Crippen LogP contribution in [0.25, 0.3) is 11.3 Å². The number of aromatic nitrogens is 3. The summed E-state index contributed by atoms with van der Waals surface area (Å²) in [5, 5.41) is 24.5. The van der Waals surface area contributed by atoms with Crippen LogP contribution in [0.1, 0.15) is 0 Å². The normalized spacial score (nSPS) is 10.4. The van der Waals surface area contributed by atoms with Gasteiger partial charge >= 0.3 is 0 Å². The number of nitrogens with one attached hydrogen (secondary N) is 1. The van der Waals surface area contributed by atoms with Crippen LogP contribution in [0.15, 0.2) is 18.3 Å². The first-order valence-corrected chi connectivity index (χ1v) is 4.84. The molecule has 2 rings (SSSR count). The third-order valence-corrected chi connectivity index (χ3v) is 2.48. The Labute approximate surface area is 93.0 Å². The minimum atomic E-state index is -0.00546. The quantitative estimate of drug-likeness (QED) is 0.697. The van der Waals surface area contributed by atoms with Gasteiger partial charge in [0.15, 0.2) is 0 Å². The Balaban J connectivity index is 2.47. The van der Waals surface area contributed by atoms with Crippen LogP contribution in [-0.4, -0.2) is 25.4 Å². The minimum Gasteiger partial charge on any atom is -0.494 e. The fraction of sp³-hybridized carbons (Fsp3) is 0. The van der Waals surface area contributed by atoms with E-state index in [4.69, 9.17) is 5.11 Å². The summed E-state index contributed by atoms with van der Waals surface area (Å²) in [5.74, 6) is -0.00260. The van der Waals surface area contributed by atoms with Crippen LogP contribution >= 0.6 is 22.6 Å². The largest absolute Gasteiger partial charge is 0.494 e. The Kier molecular flexibility index (Phi) is 2.28. The average Bonchev–Trinajstić information content (AvgIpc) is 2.57. The standard InChI is InChI=1S/C8H6IN3O2/c9-5-1-4(3-10-8(5)14)6-2-7(13)12-11-6/h1-3H,(H,10,14)(H2,11,12,13). The van der Waals surface area contributed by atoms with E-state index in [0.717, 1.165) is 5.56 Å². The number of H-pyrrole nitrogens is 1. The SMILES string of the molecule is Oc1cc(-c2cnc(O)c(I)c2)n[nH]1. The zero-order valence-corrected chi connectivity index (χ0v) is 9.06. The van der Waals surface area contributed by atoms with Gasteiger partial charge in [-0.1, -0.05) is 0 Å². The third kappa shape index (κ3) is 1.65. The summed E-state index contributed by atoms with van der Waals surface area (Å²) in [4.78, 5) is 3.78. The summed E-state index contributed by atoms with van der Waals surface area (Å²) in [6.45, 7) is 0. The Hall–Kier alpha value is -1.31. The summed E-state index contributed by atoms with van der Waals surface area (Å²) in [7, 11) is 0. The smallest absolute Gasteiger partial charge is 0.224 e. The summed E-state index contributed by atoms with van der Waals surface area (Å²) in [5.41, 5.74) is 1.33. The molecule has 2 heterocycles. The van der Waals surface area contributed by atoms with Gasteiger partial charge in [-0.25, -0.2) is 10.1 Å². The Morgan fingerprint density at radius 3 is 2.64 bits per heavy atom. The van der Waals surface area contributed by atoms with Crippen molar-refractivity contribution < 1.29 is 10.2 Å². The van der Waals surface area contributed by atoms with Gasteiger partial charge in [0.05, 0.1) is 9.26 Å². The molecule has 3 N–H and O–H groups in total. The number of halogens is 1. The van der Waals surface area contributed by atoms with Crippen LogP contribution in [-0.2, 0) is 0 Å².